The van der Waals surface area contributed by atoms with Gasteiger partial charge in [-0.1, -0.05) is 43.6 Å². The second-order valence-electron chi connectivity index (χ2n) is 8.70. The van der Waals surface area contributed by atoms with E-state index in [9.17, 15) is 9.59 Å². The van der Waals surface area contributed by atoms with Gasteiger partial charge >= 0.3 is 0 Å². The molecule has 2 aromatic rings. The summed E-state index contributed by atoms with van der Waals surface area (Å²) in [6.45, 7) is 7.79. The second kappa shape index (κ2) is 8.39. The van der Waals surface area contributed by atoms with Crippen molar-refractivity contribution in [1.82, 2.24) is 4.90 Å². The van der Waals surface area contributed by atoms with Gasteiger partial charge in [-0.3, -0.25) is 9.59 Å². The number of hydrogen-bond donors (Lipinski definition) is 0. The SMILES string of the molecule is COc1ccc(C)cc1N1C(=O)C(c2ccc(Cl)cc2)=C(N2CC(C)CC(C)C2)C1=O. The molecule has 0 aromatic heterocycles. The highest BCUT2D eigenvalue weighted by atomic mass is 35.5. The highest BCUT2D eigenvalue weighted by Crippen LogP contribution is 2.40. The molecule has 2 aliphatic rings. The lowest BCUT2D eigenvalue weighted by atomic mass is 9.91. The quantitative estimate of drug-likeness (QED) is 0.636. The molecule has 2 heterocycles. The molecule has 2 unspecified atom stereocenters. The molecule has 0 aliphatic carbocycles. The lowest BCUT2D eigenvalue weighted by Gasteiger charge is -2.37. The number of aryl methyl sites for hydroxylation is 1. The van der Waals surface area contributed by atoms with Crippen LogP contribution in [0.15, 0.2) is 48.2 Å². The monoisotopic (exact) mass is 438 g/mol. The minimum Gasteiger partial charge on any atom is -0.495 e. The fourth-order valence-electron chi connectivity index (χ4n) is 4.73. The fraction of sp³-hybridized carbons (Fsp3) is 0.360. The topological polar surface area (TPSA) is 49.9 Å². The van der Waals surface area contributed by atoms with Crippen LogP contribution in [0, 0.1) is 18.8 Å². The lowest BCUT2D eigenvalue weighted by molar-refractivity contribution is -0.120. The zero-order valence-corrected chi connectivity index (χ0v) is 19.1. The normalized spacial score (nSPS) is 21.8. The maximum Gasteiger partial charge on any atom is 0.282 e. The number of halogens is 1. The van der Waals surface area contributed by atoms with Gasteiger partial charge in [-0.25, -0.2) is 4.90 Å². The Labute approximate surface area is 188 Å². The standard InChI is InChI=1S/C25H27ClN2O3/c1-15-5-10-21(31-4)20(12-15)28-24(29)22(18-6-8-19(26)9-7-18)23(25(28)30)27-13-16(2)11-17(3)14-27/h5-10,12,16-17H,11,13-14H2,1-4H3. The van der Waals surface area contributed by atoms with Gasteiger partial charge < -0.3 is 9.64 Å². The Morgan fingerprint density at radius 3 is 2.23 bits per heavy atom. The largest absolute Gasteiger partial charge is 0.495 e. The smallest absolute Gasteiger partial charge is 0.282 e. The minimum atomic E-state index is -0.336. The number of carbonyl (C=O) groups excluding carboxylic acids is 2. The van der Waals surface area contributed by atoms with Crippen LogP contribution < -0.4 is 9.64 Å². The third-order valence-corrected chi connectivity index (χ3v) is 6.20. The lowest BCUT2D eigenvalue weighted by Crippen LogP contribution is -2.42. The summed E-state index contributed by atoms with van der Waals surface area (Å²) in [6.07, 6.45) is 1.11. The molecule has 31 heavy (non-hydrogen) atoms. The number of carbonyl (C=O) groups is 2. The summed E-state index contributed by atoms with van der Waals surface area (Å²) in [7, 11) is 1.54. The van der Waals surface area contributed by atoms with Crippen LogP contribution >= 0.6 is 11.6 Å². The van der Waals surface area contributed by atoms with Gasteiger partial charge in [0.25, 0.3) is 11.8 Å². The predicted octanol–water partition coefficient (Wildman–Crippen LogP) is 4.92. The molecule has 2 aromatic carbocycles. The first-order valence-corrected chi connectivity index (χ1v) is 11.0. The Morgan fingerprint density at radius 1 is 0.968 bits per heavy atom. The highest BCUT2D eigenvalue weighted by Gasteiger charge is 2.44. The number of likely N-dealkylation sites (tertiary alicyclic amines) is 1. The number of rotatable bonds is 4. The first-order valence-electron chi connectivity index (χ1n) is 10.6. The molecule has 2 aliphatic heterocycles. The van der Waals surface area contributed by atoms with E-state index in [4.69, 9.17) is 16.3 Å². The molecule has 0 N–H and O–H groups in total. The number of imide groups is 1. The van der Waals surface area contributed by atoms with Gasteiger partial charge in [0.1, 0.15) is 11.4 Å². The van der Waals surface area contributed by atoms with Gasteiger partial charge in [-0.05, 0) is 60.6 Å². The van der Waals surface area contributed by atoms with Crippen LogP contribution in [0.4, 0.5) is 5.69 Å². The minimum absolute atomic E-state index is 0.305. The number of amides is 2. The zero-order chi connectivity index (χ0) is 22.3. The first kappa shape index (κ1) is 21.4. The van der Waals surface area contributed by atoms with Crippen molar-refractivity contribution in [2.24, 2.45) is 11.8 Å². The summed E-state index contributed by atoms with van der Waals surface area (Å²) < 4.78 is 5.49. The van der Waals surface area contributed by atoms with Gasteiger partial charge in [0.15, 0.2) is 0 Å². The van der Waals surface area contributed by atoms with Gasteiger partial charge in [-0.2, -0.15) is 0 Å². The van der Waals surface area contributed by atoms with Gasteiger partial charge in [0.2, 0.25) is 0 Å². The molecular formula is C25H27ClN2O3. The number of piperidine rings is 1. The van der Waals surface area contributed by atoms with Gasteiger partial charge in [0.05, 0.1) is 18.4 Å². The van der Waals surface area contributed by atoms with E-state index >= 15 is 0 Å². The van der Waals surface area contributed by atoms with Crippen LogP contribution in [-0.4, -0.2) is 36.9 Å². The van der Waals surface area contributed by atoms with E-state index in [1.165, 1.54) is 4.90 Å². The van der Waals surface area contributed by atoms with Crippen molar-refractivity contribution in [2.45, 2.75) is 27.2 Å². The number of hydrogen-bond acceptors (Lipinski definition) is 4. The molecule has 2 amide bonds. The van der Waals surface area contributed by atoms with Crippen LogP contribution in [0.1, 0.15) is 31.4 Å². The molecule has 1 fully saturated rings. The van der Waals surface area contributed by atoms with Crippen molar-refractivity contribution < 1.29 is 14.3 Å². The van der Waals surface area contributed by atoms with Gasteiger partial charge in [-0.15, -0.1) is 0 Å². The van der Waals surface area contributed by atoms with E-state index in [1.807, 2.05) is 19.1 Å². The Morgan fingerprint density at radius 2 is 1.61 bits per heavy atom. The maximum atomic E-state index is 13.8. The molecule has 0 bridgehead atoms. The Bertz CT molecular complexity index is 1050. The van der Waals surface area contributed by atoms with Crippen molar-refractivity contribution >= 4 is 34.7 Å². The van der Waals surface area contributed by atoms with Crippen LogP contribution in [0.3, 0.4) is 0 Å². The third-order valence-electron chi connectivity index (χ3n) is 5.95. The average molecular weight is 439 g/mol. The van der Waals surface area contributed by atoms with Crippen LogP contribution in [0.25, 0.3) is 5.57 Å². The highest BCUT2D eigenvalue weighted by molar-refractivity contribution is 6.45. The van der Waals surface area contributed by atoms with Crippen molar-refractivity contribution in [2.75, 3.05) is 25.1 Å². The zero-order valence-electron chi connectivity index (χ0n) is 18.3. The number of nitrogens with zero attached hydrogens (tertiary/aromatic N) is 2. The van der Waals surface area contributed by atoms with Crippen LogP contribution in [0.2, 0.25) is 5.02 Å². The molecule has 0 spiro atoms. The predicted molar refractivity (Wildman–Crippen MR) is 123 cm³/mol. The Kier molecular flexibility index (Phi) is 5.80. The molecule has 4 rings (SSSR count). The molecule has 6 heteroatoms. The molecule has 2 atom stereocenters. The molecule has 0 saturated carbocycles. The number of methoxy groups -OCH3 is 1. The molecule has 1 saturated heterocycles. The first-order chi connectivity index (χ1) is 14.8. The Hall–Kier alpha value is -2.79. The van der Waals surface area contributed by atoms with E-state index in [2.05, 4.69) is 18.7 Å². The van der Waals surface area contributed by atoms with Crippen molar-refractivity contribution in [1.29, 1.82) is 0 Å². The summed E-state index contributed by atoms with van der Waals surface area (Å²) in [5.74, 6) is 0.725. The maximum absolute atomic E-state index is 13.8. The summed E-state index contributed by atoms with van der Waals surface area (Å²) in [5.41, 5.74) is 2.99. The summed E-state index contributed by atoms with van der Waals surface area (Å²) in [4.78, 5) is 30.9. The molecule has 5 nitrogen and oxygen atoms in total. The van der Waals surface area contributed by atoms with Crippen molar-refractivity contribution in [3.63, 3.8) is 0 Å². The van der Waals surface area contributed by atoms with E-state index in [0.29, 0.717) is 45.1 Å². The Balaban J connectivity index is 1.87. The van der Waals surface area contributed by atoms with Crippen molar-refractivity contribution in [3.05, 3.63) is 64.3 Å². The van der Waals surface area contributed by atoms with Crippen molar-refractivity contribution in [3.8, 4) is 5.75 Å². The van der Waals surface area contributed by atoms with E-state index in [1.54, 1.807) is 37.4 Å². The fourth-order valence-corrected chi connectivity index (χ4v) is 4.85. The summed E-state index contributed by atoms with van der Waals surface area (Å²) in [6, 6.07) is 12.6. The van der Waals surface area contributed by atoms with Crippen LogP contribution in [-0.2, 0) is 9.59 Å². The third kappa shape index (κ3) is 3.94. The number of anilines is 1. The molecular weight excluding hydrogens is 412 g/mol. The average Bonchev–Trinajstić information content (AvgIpc) is 2.98. The summed E-state index contributed by atoms with van der Waals surface area (Å²) >= 11 is 6.08. The molecule has 162 valence electrons. The second-order valence-corrected chi connectivity index (χ2v) is 9.14. The van der Waals surface area contributed by atoms with Gasteiger partial charge in [0, 0.05) is 18.1 Å². The summed E-state index contributed by atoms with van der Waals surface area (Å²) in [5, 5.41) is 0.583. The van der Waals surface area contributed by atoms with Crippen LogP contribution in [0.5, 0.6) is 5.75 Å². The molecule has 0 radical (unpaired) electrons. The number of ether oxygens (including phenoxy) is 1. The van der Waals surface area contributed by atoms with E-state index < -0.39 is 0 Å². The van der Waals surface area contributed by atoms with E-state index in [0.717, 1.165) is 25.1 Å². The number of benzene rings is 2. The van der Waals surface area contributed by atoms with E-state index in [-0.39, 0.29) is 11.8 Å².